The minimum Gasteiger partial charge on any atom is -0.496 e. The van der Waals surface area contributed by atoms with Crippen LogP contribution in [-0.4, -0.2) is 42.8 Å². The predicted molar refractivity (Wildman–Crippen MR) is 154 cm³/mol. The van der Waals surface area contributed by atoms with E-state index < -0.39 is 10.1 Å². The topological polar surface area (TPSA) is 89.5 Å². The molecule has 0 aromatic heterocycles. The van der Waals surface area contributed by atoms with Gasteiger partial charge >= 0.3 is 10.1 Å². The van der Waals surface area contributed by atoms with E-state index in [0.717, 1.165) is 17.4 Å². The molecule has 0 aliphatic rings. The van der Waals surface area contributed by atoms with Gasteiger partial charge in [-0.25, -0.2) is 4.39 Å². The number of halogens is 1. The molecular formula is C31H31FO8S. The zero-order valence-electron chi connectivity index (χ0n) is 23.4. The van der Waals surface area contributed by atoms with Crippen molar-refractivity contribution >= 4 is 10.1 Å². The van der Waals surface area contributed by atoms with E-state index in [1.54, 1.807) is 30.3 Å². The Balaban J connectivity index is 1.86. The zero-order chi connectivity index (χ0) is 29.6. The van der Waals surface area contributed by atoms with Gasteiger partial charge in [0.1, 0.15) is 18.2 Å². The van der Waals surface area contributed by atoms with Crippen LogP contribution >= 0.6 is 0 Å². The molecule has 0 saturated heterocycles. The highest BCUT2D eigenvalue weighted by molar-refractivity contribution is 7.86. The molecule has 0 amide bonds. The van der Waals surface area contributed by atoms with Crippen molar-refractivity contribution in [2.24, 2.45) is 0 Å². The van der Waals surface area contributed by atoms with Gasteiger partial charge in [-0.2, -0.15) is 8.42 Å². The Kier molecular flexibility index (Phi) is 9.36. The van der Waals surface area contributed by atoms with Crippen LogP contribution in [0.3, 0.4) is 0 Å². The van der Waals surface area contributed by atoms with Crippen LogP contribution in [0.4, 0.5) is 4.39 Å². The first kappa shape index (κ1) is 29.7. The molecule has 4 aromatic rings. The molecule has 0 unspecified atom stereocenters. The van der Waals surface area contributed by atoms with Crippen molar-refractivity contribution in [2.45, 2.75) is 13.5 Å². The van der Waals surface area contributed by atoms with E-state index in [1.165, 1.54) is 39.5 Å². The quantitative estimate of drug-likeness (QED) is 0.140. The molecule has 0 saturated carbocycles. The highest BCUT2D eigenvalue weighted by Crippen LogP contribution is 2.51. The summed E-state index contributed by atoms with van der Waals surface area (Å²) in [7, 11) is 0.551. The van der Waals surface area contributed by atoms with Crippen LogP contribution in [-0.2, 0) is 21.5 Å². The molecule has 0 bridgehead atoms. The van der Waals surface area contributed by atoms with Crippen molar-refractivity contribution in [1.29, 1.82) is 0 Å². The average molecular weight is 583 g/mol. The molecule has 0 radical (unpaired) electrons. The Hall–Kier alpha value is -4.28. The standard InChI is InChI=1S/C31H31FO8S/c1-20-6-8-21(9-7-20)18-38-26-15-12-23(16-27(26)40-41(5,33)34)29-28(36-3)17-25(22-10-13-24(32)14-11-22)30(37-4)31(29)39-19-35-2/h6-17H,18-19H2,1-5H3. The Morgan fingerprint density at radius 3 is 2.02 bits per heavy atom. The lowest BCUT2D eigenvalue weighted by atomic mass is 9.96. The van der Waals surface area contributed by atoms with Crippen molar-refractivity contribution < 1.29 is 40.7 Å². The van der Waals surface area contributed by atoms with E-state index in [1.807, 2.05) is 31.2 Å². The fourth-order valence-electron chi connectivity index (χ4n) is 4.21. The number of methoxy groups -OCH3 is 3. The Morgan fingerprint density at radius 1 is 0.732 bits per heavy atom. The van der Waals surface area contributed by atoms with Gasteiger partial charge in [-0.05, 0) is 53.9 Å². The third-order valence-corrected chi connectivity index (χ3v) is 6.57. The number of aryl methyl sites for hydroxylation is 1. The molecule has 0 spiro atoms. The molecular weight excluding hydrogens is 551 g/mol. The number of hydrogen-bond acceptors (Lipinski definition) is 8. The Labute approximate surface area is 239 Å². The highest BCUT2D eigenvalue weighted by atomic mass is 32.2. The largest absolute Gasteiger partial charge is 0.496 e. The second-order valence-corrected chi connectivity index (χ2v) is 10.7. The lowest BCUT2D eigenvalue weighted by molar-refractivity contribution is 0.0495. The van der Waals surface area contributed by atoms with E-state index in [0.29, 0.717) is 33.8 Å². The third-order valence-electron chi connectivity index (χ3n) is 6.09. The van der Waals surface area contributed by atoms with Gasteiger partial charge in [-0.15, -0.1) is 0 Å². The first-order valence-corrected chi connectivity index (χ1v) is 14.3. The number of ether oxygens (including phenoxy) is 5. The smallest absolute Gasteiger partial charge is 0.306 e. The maximum absolute atomic E-state index is 13.7. The Bertz CT molecular complexity index is 1600. The third kappa shape index (κ3) is 7.27. The zero-order valence-corrected chi connectivity index (χ0v) is 24.2. The van der Waals surface area contributed by atoms with E-state index >= 15 is 0 Å². The maximum Gasteiger partial charge on any atom is 0.306 e. The van der Waals surface area contributed by atoms with Gasteiger partial charge in [-0.3, -0.25) is 0 Å². The summed E-state index contributed by atoms with van der Waals surface area (Å²) < 4.78 is 72.0. The van der Waals surface area contributed by atoms with Crippen molar-refractivity contribution in [1.82, 2.24) is 0 Å². The van der Waals surface area contributed by atoms with Crippen molar-refractivity contribution in [3.8, 4) is 51.0 Å². The van der Waals surface area contributed by atoms with E-state index in [2.05, 4.69) is 0 Å². The van der Waals surface area contributed by atoms with Crippen LogP contribution in [0.25, 0.3) is 22.3 Å². The first-order chi connectivity index (χ1) is 19.6. The molecule has 41 heavy (non-hydrogen) atoms. The summed E-state index contributed by atoms with van der Waals surface area (Å²) in [5.41, 5.74) is 4.22. The molecule has 0 aliphatic heterocycles. The molecule has 4 aromatic carbocycles. The van der Waals surface area contributed by atoms with E-state index in [-0.39, 0.29) is 36.5 Å². The number of hydrogen-bond donors (Lipinski definition) is 0. The van der Waals surface area contributed by atoms with Crippen molar-refractivity contribution in [3.63, 3.8) is 0 Å². The van der Waals surface area contributed by atoms with Crippen LogP contribution in [0.5, 0.6) is 28.7 Å². The molecule has 0 aliphatic carbocycles. The van der Waals surface area contributed by atoms with Crippen molar-refractivity contribution in [3.05, 3.63) is 89.7 Å². The minimum absolute atomic E-state index is 0.0153. The monoisotopic (exact) mass is 582 g/mol. The van der Waals surface area contributed by atoms with Crippen LogP contribution in [0.15, 0.2) is 72.8 Å². The lowest BCUT2D eigenvalue weighted by Crippen LogP contribution is -2.08. The maximum atomic E-state index is 13.7. The summed E-state index contributed by atoms with van der Waals surface area (Å²) in [6.07, 6.45) is 0.956. The van der Waals surface area contributed by atoms with Crippen LogP contribution in [0.2, 0.25) is 0 Å². The van der Waals surface area contributed by atoms with E-state index in [4.69, 9.17) is 27.9 Å². The highest BCUT2D eigenvalue weighted by Gasteiger charge is 2.25. The average Bonchev–Trinajstić information content (AvgIpc) is 2.95. The summed E-state index contributed by atoms with van der Waals surface area (Å²) in [5.74, 6) is 0.831. The fourth-order valence-corrected chi connectivity index (χ4v) is 4.67. The van der Waals surface area contributed by atoms with Gasteiger partial charge in [-0.1, -0.05) is 48.0 Å². The molecule has 8 nitrogen and oxygen atoms in total. The van der Waals surface area contributed by atoms with Gasteiger partial charge in [0.15, 0.2) is 29.8 Å². The van der Waals surface area contributed by atoms with Crippen LogP contribution in [0.1, 0.15) is 11.1 Å². The molecule has 0 atom stereocenters. The first-order valence-electron chi connectivity index (χ1n) is 12.5. The Morgan fingerprint density at radius 2 is 1.41 bits per heavy atom. The molecule has 10 heteroatoms. The second-order valence-electron chi connectivity index (χ2n) is 9.14. The summed E-state index contributed by atoms with van der Waals surface area (Å²) in [6, 6.07) is 20.3. The molecule has 0 heterocycles. The van der Waals surface area contributed by atoms with Crippen LogP contribution in [0, 0.1) is 12.7 Å². The predicted octanol–water partition coefficient (Wildman–Crippen LogP) is 6.39. The van der Waals surface area contributed by atoms with Gasteiger partial charge in [0.2, 0.25) is 0 Å². The SMILES string of the molecule is COCOc1c(OC)c(-c2ccc(F)cc2)cc(OC)c1-c1ccc(OCc2ccc(C)cc2)c(OS(C)(=O)=O)c1. The van der Waals surface area contributed by atoms with Crippen LogP contribution < -0.4 is 23.1 Å². The minimum atomic E-state index is -3.90. The number of benzene rings is 4. The van der Waals surface area contributed by atoms with Crippen molar-refractivity contribution in [2.75, 3.05) is 34.4 Å². The normalized spacial score (nSPS) is 11.2. The fraction of sp³-hybridized carbons (Fsp3) is 0.226. The number of rotatable bonds is 12. The molecule has 0 N–H and O–H groups in total. The van der Waals surface area contributed by atoms with Gasteiger partial charge in [0.25, 0.3) is 0 Å². The summed E-state index contributed by atoms with van der Waals surface area (Å²) >= 11 is 0. The summed E-state index contributed by atoms with van der Waals surface area (Å²) in [5, 5.41) is 0. The van der Waals surface area contributed by atoms with Gasteiger partial charge in [0, 0.05) is 12.7 Å². The lowest BCUT2D eigenvalue weighted by Gasteiger charge is -2.22. The summed E-state index contributed by atoms with van der Waals surface area (Å²) in [6.45, 7) is 2.07. The summed E-state index contributed by atoms with van der Waals surface area (Å²) in [4.78, 5) is 0. The molecule has 4 rings (SSSR count). The van der Waals surface area contributed by atoms with Gasteiger partial charge < -0.3 is 27.9 Å². The molecule has 216 valence electrons. The van der Waals surface area contributed by atoms with Gasteiger partial charge in [0.05, 0.1) is 26.0 Å². The second kappa shape index (κ2) is 12.9. The molecule has 0 fully saturated rings. The van der Waals surface area contributed by atoms with E-state index in [9.17, 15) is 12.8 Å².